The zero-order chi connectivity index (χ0) is 22.8. The van der Waals surface area contributed by atoms with Crippen LogP contribution in [0, 0.1) is 13.8 Å². The van der Waals surface area contributed by atoms with Gasteiger partial charge in [0.15, 0.2) is 0 Å². The molecule has 0 spiro atoms. The molecule has 31 heavy (non-hydrogen) atoms. The quantitative estimate of drug-likeness (QED) is 0.447. The second-order valence-electron chi connectivity index (χ2n) is 6.96. The number of benzene rings is 3. The zero-order valence-electron chi connectivity index (χ0n) is 16.7. The Kier molecular flexibility index (Phi) is 7.17. The highest BCUT2D eigenvalue weighted by Gasteiger charge is 2.28. The third kappa shape index (κ3) is 5.71. The molecule has 0 aliphatic carbocycles. The van der Waals surface area contributed by atoms with E-state index in [-0.39, 0.29) is 4.90 Å². The van der Waals surface area contributed by atoms with Crippen LogP contribution in [0.25, 0.3) is 0 Å². The van der Waals surface area contributed by atoms with Crippen LogP contribution in [0.1, 0.15) is 11.1 Å². The van der Waals surface area contributed by atoms with Gasteiger partial charge in [-0.15, -0.1) is 0 Å². The van der Waals surface area contributed by atoms with E-state index in [9.17, 15) is 13.2 Å². The number of anilines is 2. The average molecular weight is 498 g/mol. The Labute approximate surface area is 196 Å². The smallest absolute Gasteiger partial charge is 0.264 e. The Morgan fingerprint density at radius 1 is 0.871 bits per heavy atom. The average Bonchev–Trinajstić information content (AvgIpc) is 2.66. The van der Waals surface area contributed by atoms with Crippen molar-refractivity contribution in [3.8, 4) is 0 Å². The summed E-state index contributed by atoms with van der Waals surface area (Å²) >= 11 is 18.0. The highest BCUT2D eigenvalue weighted by molar-refractivity contribution is 7.92. The van der Waals surface area contributed by atoms with Crippen LogP contribution in [0.2, 0.25) is 15.1 Å². The minimum Gasteiger partial charge on any atom is -0.324 e. The molecule has 0 fully saturated rings. The molecule has 1 amide bonds. The molecule has 3 aromatic rings. The lowest BCUT2D eigenvalue weighted by Crippen LogP contribution is -2.38. The fraction of sp³-hybridized carbons (Fsp3) is 0.136. The summed E-state index contributed by atoms with van der Waals surface area (Å²) in [6.07, 6.45) is 0. The minimum atomic E-state index is -4.03. The van der Waals surface area contributed by atoms with Crippen LogP contribution in [-0.4, -0.2) is 20.9 Å². The van der Waals surface area contributed by atoms with Gasteiger partial charge in [0.1, 0.15) is 6.54 Å². The van der Waals surface area contributed by atoms with Gasteiger partial charge in [0.05, 0.1) is 10.6 Å². The second kappa shape index (κ2) is 9.49. The first-order valence-electron chi connectivity index (χ1n) is 9.18. The van der Waals surface area contributed by atoms with Gasteiger partial charge < -0.3 is 5.32 Å². The molecule has 5 nitrogen and oxygen atoms in total. The van der Waals surface area contributed by atoms with Crippen molar-refractivity contribution in [3.63, 3.8) is 0 Å². The Bertz CT molecular complexity index is 1210. The Morgan fingerprint density at radius 2 is 1.48 bits per heavy atom. The van der Waals surface area contributed by atoms with Gasteiger partial charge in [-0.05, 0) is 67.9 Å². The van der Waals surface area contributed by atoms with E-state index < -0.39 is 22.5 Å². The lowest BCUT2D eigenvalue weighted by Gasteiger charge is -2.26. The Hall–Kier alpha value is -2.25. The normalized spacial score (nSPS) is 11.3. The molecule has 162 valence electrons. The fourth-order valence-electron chi connectivity index (χ4n) is 2.99. The van der Waals surface area contributed by atoms with Crippen LogP contribution in [0.3, 0.4) is 0 Å². The van der Waals surface area contributed by atoms with Gasteiger partial charge in [0, 0.05) is 20.8 Å². The van der Waals surface area contributed by atoms with Crippen LogP contribution < -0.4 is 9.62 Å². The maximum absolute atomic E-state index is 13.4. The highest BCUT2D eigenvalue weighted by Crippen LogP contribution is 2.29. The molecule has 0 aliphatic heterocycles. The van der Waals surface area contributed by atoms with Crippen molar-refractivity contribution < 1.29 is 13.2 Å². The van der Waals surface area contributed by atoms with Crippen LogP contribution in [0.15, 0.2) is 65.6 Å². The van der Waals surface area contributed by atoms with Crippen LogP contribution in [-0.2, 0) is 14.8 Å². The van der Waals surface area contributed by atoms with E-state index in [1.54, 1.807) is 37.3 Å². The number of aryl methyl sites for hydroxylation is 2. The lowest BCUT2D eigenvalue weighted by atomic mass is 10.2. The first-order chi connectivity index (χ1) is 14.6. The van der Waals surface area contributed by atoms with E-state index in [0.717, 1.165) is 9.87 Å². The maximum atomic E-state index is 13.4. The molecule has 0 unspecified atom stereocenters. The van der Waals surface area contributed by atoms with Gasteiger partial charge in [-0.25, -0.2) is 8.42 Å². The predicted octanol–water partition coefficient (Wildman–Crippen LogP) is 6.10. The summed E-state index contributed by atoms with van der Waals surface area (Å²) in [5.74, 6) is -0.552. The van der Waals surface area contributed by atoms with E-state index in [2.05, 4.69) is 5.32 Å². The Morgan fingerprint density at radius 3 is 2.06 bits per heavy atom. The number of hydrogen-bond acceptors (Lipinski definition) is 3. The molecule has 1 N–H and O–H groups in total. The van der Waals surface area contributed by atoms with Gasteiger partial charge >= 0.3 is 0 Å². The van der Waals surface area contributed by atoms with Gasteiger partial charge in [-0.3, -0.25) is 9.10 Å². The van der Waals surface area contributed by atoms with Crippen LogP contribution in [0.5, 0.6) is 0 Å². The number of nitrogens with one attached hydrogen (secondary N) is 1. The van der Waals surface area contributed by atoms with Crippen molar-refractivity contribution in [1.82, 2.24) is 0 Å². The molecule has 0 aromatic heterocycles. The SMILES string of the molecule is Cc1ccc(S(=O)(=O)N(CC(=O)Nc2cc(Cl)cc(Cl)c2)c2ccc(Cl)cc2C)cc1. The van der Waals surface area contributed by atoms with Crippen LogP contribution in [0.4, 0.5) is 11.4 Å². The van der Waals surface area contributed by atoms with Crippen molar-refractivity contribution >= 4 is 62.1 Å². The summed E-state index contributed by atoms with van der Waals surface area (Å²) in [6, 6.07) is 15.8. The third-order valence-electron chi connectivity index (χ3n) is 4.47. The number of nitrogens with zero attached hydrogens (tertiary/aromatic N) is 1. The van der Waals surface area contributed by atoms with E-state index in [1.807, 2.05) is 6.92 Å². The molecule has 3 aromatic carbocycles. The highest BCUT2D eigenvalue weighted by atomic mass is 35.5. The fourth-order valence-corrected chi connectivity index (χ4v) is 5.23. The van der Waals surface area contributed by atoms with Gasteiger partial charge in [-0.1, -0.05) is 52.5 Å². The third-order valence-corrected chi connectivity index (χ3v) is 6.92. The largest absolute Gasteiger partial charge is 0.324 e. The van der Waals surface area contributed by atoms with E-state index in [1.165, 1.54) is 30.3 Å². The molecule has 0 radical (unpaired) electrons. The minimum absolute atomic E-state index is 0.0750. The zero-order valence-corrected chi connectivity index (χ0v) is 19.8. The van der Waals surface area contributed by atoms with Crippen LogP contribution >= 0.6 is 34.8 Å². The molecule has 3 rings (SSSR count). The van der Waals surface area contributed by atoms with Gasteiger partial charge in [0.2, 0.25) is 5.91 Å². The van der Waals surface area contributed by atoms with Crippen molar-refractivity contribution in [1.29, 1.82) is 0 Å². The first kappa shape index (κ1) is 23.4. The van der Waals surface area contributed by atoms with Crippen molar-refractivity contribution in [3.05, 3.63) is 86.9 Å². The van der Waals surface area contributed by atoms with Crippen molar-refractivity contribution in [2.45, 2.75) is 18.7 Å². The summed E-state index contributed by atoms with van der Waals surface area (Å²) in [6.45, 7) is 3.14. The lowest BCUT2D eigenvalue weighted by molar-refractivity contribution is -0.114. The number of carbonyl (C=O) groups excluding carboxylic acids is 1. The number of sulfonamides is 1. The first-order valence-corrected chi connectivity index (χ1v) is 11.7. The molecule has 0 atom stereocenters. The molecule has 0 saturated carbocycles. The summed E-state index contributed by atoms with van der Waals surface area (Å²) in [7, 11) is -4.03. The van der Waals surface area contributed by atoms with Crippen molar-refractivity contribution in [2.24, 2.45) is 0 Å². The topological polar surface area (TPSA) is 66.5 Å². The number of hydrogen-bond donors (Lipinski definition) is 1. The summed E-state index contributed by atoms with van der Waals surface area (Å²) in [5.41, 5.74) is 2.25. The number of amides is 1. The van der Waals surface area contributed by atoms with Crippen molar-refractivity contribution in [2.75, 3.05) is 16.2 Å². The molecule has 0 bridgehead atoms. The molecule has 0 saturated heterocycles. The molecule has 9 heteroatoms. The monoisotopic (exact) mass is 496 g/mol. The summed E-state index contributed by atoms with van der Waals surface area (Å²) in [4.78, 5) is 12.9. The maximum Gasteiger partial charge on any atom is 0.264 e. The van der Waals surface area contributed by atoms with Gasteiger partial charge in [0.25, 0.3) is 10.0 Å². The summed E-state index contributed by atoms with van der Waals surface area (Å²) < 4.78 is 28.0. The molecular formula is C22H19Cl3N2O3S. The molecular weight excluding hydrogens is 479 g/mol. The molecule has 0 heterocycles. The predicted molar refractivity (Wildman–Crippen MR) is 127 cm³/mol. The Balaban J connectivity index is 1.99. The number of rotatable bonds is 6. The summed E-state index contributed by atoms with van der Waals surface area (Å²) in [5, 5.41) is 3.81. The molecule has 0 aliphatic rings. The van der Waals surface area contributed by atoms with E-state index in [4.69, 9.17) is 34.8 Å². The van der Waals surface area contributed by atoms with Gasteiger partial charge in [-0.2, -0.15) is 0 Å². The standard InChI is InChI=1S/C22H19Cl3N2O3S/c1-14-3-6-20(7-4-14)31(29,30)27(21-8-5-16(23)9-15(21)2)13-22(28)26-19-11-17(24)10-18(25)12-19/h3-12H,13H2,1-2H3,(H,26,28). The second-order valence-corrected chi connectivity index (χ2v) is 10.1. The van der Waals surface area contributed by atoms with E-state index in [0.29, 0.717) is 32.0 Å². The van der Waals surface area contributed by atoms with E-state index >= 15 is 0 Å². The number of halogens is 3. The number of carbonyl (C=O) groups is 1.